The Balaban J connectivity index is 2.51. The number of hydrogen-bond acceptors (Lipinski definition) is 5. The Kier molecular flexibility index (Phi) is 4.14. The van der Waals surface area contributed by atoms with Crippen LogP contribution in [0.5, 0.6) is 0 Å². The molecular weight excluding hydrogens is 264 g/mol. The number of isocyanates is 1. The van der Waals surface area contributed by atoms with Crippen molar-refractivity contribution in [2.75, 3.05) is 6.54 Å². The third-order valence-electron chi connectivity index (χ3n) is 3.86. The SMILES string of the molecule is O=C=NCCC1(n2c(=O)[nH]c(=O)[nH]c2=O)CCCCC1. The highest BCUT2D eigenvalue weighted by Crippen LogP contribution is 2.35. The molecule has 1 fully saturated rings. The summed E-state index contributed by atoms with van der Waals surface area (Å²) in [6.45, 7) is 0.203. The van der Waals surface area contributed by atoms with Crippen LogP contribution in [-0.2, 0) is 10.3 Å². The molecule has 1 aromatic rings. The monoisotopic (exact) mass is 280 g/mol. The third kappa shape index (κ3) is 2.70. The first kappa shape index (κ1) is 14.2. The van der Waals surface area contributed by atoms with Crippen molar-refractivity contribution in [3.05, 3.63) is 31.5 Å². The lowest BCUT2D eigenvalue weighted by Gasteiger charge is -2.37. The van der Waals surface area contributed by atoms with Crippen molar-refractivity contribution >= 4 is 6.08 Å². The number of hydrogen-bond donors (Lipinski definition) is 2. The molecule has 0 amide bonds. The van der Waals surface area contributed by atoms with E-state index in [1.807, 2.05) is 0 Å². The molecule has 20 heavy (non-hydrogen) atoms. The van der Waals surface area contributed by atoms with Gasteiger partial charge in [-0.15, -0.1) is 0 Å². The largest absolute Gasteiger partial charge is 0.334 e. The Bertz CT molecular complexity index is 652. The molecule has 1 aliphatic rings. The Morgan fingerprint density at radius 2 is 1.70 bits per heavy atom. The van der Waals surface area contributed by atoms with Gasteiger partial charge < -0.3 is 0 Å². The molecule has 0 saturated heterocycles. The van der Waals surface area contributed by atoms with E-state index in [0.717, 1.165) is 23.8 Å². The fraction of sp³-hybridized carbons (Fsp3) is 0.667. The van der Waals surface area contributed by atoms with Gasteiger partial charge in [0.25, 0.3) is 0 Å². The van der Waals surface area contributed by atoms with E-state index in [1.165, 1.54) is 6.08 Å². The van der Waals surface area contributed by atoms with E-state index in [4.69, 9.17) is 0 Å². The van der Waals surface area contributed by atoms with Crippen molar-refractivity contribution in [1.29, 1.82) is 0 Å². The van der Waals surface area contributed by atoms with E-state index in [9.17, 15) is 19.2 Å². The predicted molar refractivity (Wildman–Crippen MR) is 70.6 cm³/mol. The van der Waals surface area contributed by atoms with Crippen LogP contribution >= 0.6 is 0 Å². The molecule has 0 aromatic carbocycles. The summed E-state index contributed by atoms with van der Waals surface area (Å²) in [5.41, 5.74) is -2.92. The standard InChI is InChI=1S/C12H16N4O4/c17-8-13-7-6-12(4-2-1-3-5-12)16-10(19)14-9(18)15-11(16)20/h1-7H2,(H2,14,15,18,19,20). The van der Waals surface area contributed by atoms with Crippen molar-refractivity contribution < 1.29 is 4.79 Å². The number of aromatic amines is 2. The first-order valence-electron chi connectivity index (χ1n) is 6.59. The summed E-state index contributed by atoms with van der Waals surface area (Å²) in [4.78, 5) is 52.9. The molecule has 0 atom stereocenters. The molecule has 0 spiro atoms. The number of carbonyl (C=O) groups excluding carboxylic acids is 1. The molecule has 2 rings (SSSR count). The van der Waals surface area contributed by atoms with Crippen LogP contribution in [0.15, 0.2) is 19.4 Å². The van der Waals surface area contributed by atoms with E-state index < -0.39 is 22.6 Å². The second-order valence-electron chi connectivity index (χ2n) is 5.03. The van der Waals surface area contributed by atoms with E-state index in [-0.39, 0.29) is 6.54 Å². The van der Waals surface area contributed by atoms with Gasteiger partial charge in [0.1, 0.15) is 0 Å². The van der Waals surface area contributed by atoms with Gasteiger partial charge in [-0.25, -0.2) is 28.7 Å². The molecule has 1 heterocycles. The van der Waals surface area contributed by atoms with Gasteiger partial charge in [-0.05, 0) is 19.3 Å². The summed E-state index contributed by atoms with van der Waals surface area (Å²) in [5.74, 6) is 0. The Morgan fingerprint density at radius 1 is 1.10 bits per heavy atom. The summed E-state index contributed by atoms with van der Waals surface area (Å²) in [7, 11) is 0. The Hall–Kier alpha value is -2.21. The van der Waals surface area contributed by atoms with E-state index >= 15 is 0 Å². The van der Waals surface area contributed by atoms with Crippen molar-refractivity contribution in [3.63, 3.8) is 0 Å². The molecule has 1 aromatic heterocycles. The van der Waals surface area contributed by atoms with Crippen molar-refractivity contribution in [3.8, 4) is 0 Å². The van der Waals surface area contributed by atoms with Gasteiger partial charge in [0.15, 0.2) is 0 Å². The van der Waals surface area contributed by atoms with Gasteiger partial charge in [-0.2, -0.15) is 0 Å². The normalized spacial score (nSPS) is 17.4. The maximum atomic E-state index is 12.0. The number of nitrogens with zero attached hydrogens (tertiary/aromatic N) is 2. The highest BCUT2D eigenvalue weighted by atomic mass is 16.2. The third-order valence-corrected chi connectivity index (χ3v) is 3.86. The Labute approximate surface area is 113 Å². The summed E-state index contributed by atoms with van der Waals surface area (Å²) in [5, 5.41) is 0. The van der Waals surface area contributed by atoms with E-state index in [0.29, 0.717) is 19.3 Å². The van der Waals surface area contributed by atoms with Gasteiger partial charge in [-0.1, -0.05) is 19.3 Å². The van der Waals surface area contributed by atoms with Gasteiger partial charge in [0, 0.05) is 0 Å². The molecule has 8 nitrogen and oxygen atoms in total. The van der Waals surface area contributed by atoms with Crippen molar-refractivity contribution in [2.24, 2.45) is 4.99 Å². The minimum absolute atomic E-state index is 0.203. The maximum Gasteiger partial charge on any atom is 0.334 e. The number of aliphatic imine (C=N–C) groups is 1. The van der Waals surface area contributed by atoms with Crippen LogP contribution in [0.4, 0.5) is 0 Å². The highest BCUT2D eigenvalue weighted by molar-refractivity contribution is 5.32. The summed E-state index contributed by atoms with van der Waals surface area (Å²) < 4.78 is 1.08. The minimum Gasteiger partial charge on any atom is -0.259 e. The van der Waals surface area contributed by atoms with Crippen LogP contribution in [0.1, 0.15) is 38.5 Å². The quantitative estimate of drug-likeness (QED) is 0.577. The maximum absolute atomic E-state index is 12.0. The number of rotatable bonds is 4. The second kappa shape index (κ2) is 5.83. The van der Waals surface area contributed by atoms with Gasteiger partial charge in [0.2, 0.25) is 6.08 Å². The minimum atomic E-state index is -0.812. The molecule has 1 aliphatic carbocycles. The zero-order valence-corrected chi connectivity index (χ0v) is 11.0. The van der Waals surface area contributed by atoms with Crippen LogP contribution in [0, 0.1) is 0 Å². The van der Waals surface area contributed by atoms with Crippen molar-refractivity contribution in [2.45, 2.75) is 44.1 Å². The zero-order chi connectivity index (χ0) is 14.6. The molecule has 2 N–H and O–H groups in total. The van der Waals surface area contributed by atoms with E-state index in [1.54, 1.807) is 0 Å². The van der Waals surface area contributed by atoms with Gasteiger partial charge >= 0.3 is 17.1 Å². The van der Waals surface area contributed by atoms with Gasteiger partial charge in [-0.3, -0.25) is 9.97 Å². The van der Waals surface area contributed by atoms with Crippen LogP contribution in [0.25, 0.3) is 0 Å². The summed E-state index contributed by atoms with van der Waals surface area (Å²) >= 11 is 0. The average Bonchev–Trinajstić information content (AvgIpc) is 2.39. The van der Waals surface area contributed by atoms with Crippen LogP contribution in [-0.4, -0.2) is 27.2 Å². The lowest BCUT2D eigenvalue weighted by Crippen LogP contribution is -2.54. The van der Waals surface area contributed by atoms with E-state index in [2.05, 4.69) is 15.0 Å². The van der Waals surface area contributed by atoms with Gasteiger partial charge in [0.05, 0.1) is 12.1 Å². The molecule has 0 radical (unpaired) electrons. The molecule has 1 saturated carbocycles. The van der Waals surface area contributed by atoms with Crippen molar-refractivity contribution in [1.82, 2.24) is 14.5 Å². The average molecular weight is 280 g/mol. The van der Waals surface area contributed by atoms with Crippen LogP contribution in [0.2, 0.25) is 0 Å². The van der Waals surface area contributed by atoms with Crippen LogP contribution < -0.4 is 17.1 Å². The topological polar surface area (TPSA) is 117 Å². The fourth-order valence-corrected chi connectivity index (χ4v) is 2.97. The number of aromatic nitrogens is 3. The smallest absolute Gasteiger partial charge is 0.259 e. The number of nitrogens with one attached hydrogen (secondary N) is 2. The molecule has 108 valence electrons. The predicted octanol–water partition coefficient (Wildman–Crippen LogP) is -0.390. The summed E-state index contributed by atoms with van der Waals surface area (Å²) in [6, 6.07) is 0. The highest BCUT2D eigenvalue weighted by Gasteiger charge is 2.36. The fourth-order valence-electron chi connectivity index (χ4n) is 2.97. The molecule has 0 bridgehead atoms. The number of H-pyrrole nitrogens is 2. The Morgan fingerprint density at radius 3 is 2.25 bits per heavy atom. The molecular formula is C12H16N4O4. The first-order chi connectivity index (χ1) is 9.59. The second-order valence-corrected chi connectivity index (χ2v) is 5.03. The van der Waals surface area contributed by atoms with Crippen LogP contribution in [0.3, 0.4) is 0 Å². The lowest BCUT2D eigenvalue weighted by atomic mass is 9.79. The summed E-state index contributed by atoms with van der Waals surface area (Å²) in [6.07, 6.45) is 5.96. The lowest BCUT2D eigenvalue weighted by molar-refractivity contribution is 0.165. The first-order valence-corrected chi connectivity index (χ1v) is 6.59. The molecule has 8 heteroatoms. The molecule has 0 unspecified atom stereocenters. The zero-order valence-electron chi connectivity index (χ0n) is 11.0. The molecule has 0 aliphatic heterocycles.